The highest BCUT2D eigenvalue weighted by molar-refractivity contribution is 5.74. The number of carboxylic acid groups (broad SMARTS) is 1. The normalized spacial score (nSPS) is 15.2. The maximum Gasteiger partial charge on any atom is 0.309 e. The third kappa shape index (κ3) is 3.48. The van der Waals surface area contributed by atoms with E-state index in [1.54, 1.807) is 13.8 Å². The van der Waals surface area contributed by atoms with Crippen LogP contribution in [0.2, 0.25) is 0 Å². The van der Waals surface area contributed by atoms with Crippen molar-refractivity contribution in [3.63, 3.8) is 0 Å². The molecule has 0 spiro atoms. The maximum absolute atomic E-state index is 10.6. The molecule has 12 heavy (non-hydrogen) atoms. The predicted octanol–water partition coefficient (Wildman–Crippen LogP) is 0.701. The number of aliphatic carboxylic acids is 1. The largest absolute Gasteiger partial charge is 0.481 e. The van der Waals surface area contributed by atoms with Crippen LogP contribution < -0.4 is 0 Å². The quantitative estimate of drug-likeness (QED) is 0.602. The van der Waals surface area contributed by atoms with E-state index in [-0.39, 0.29) is 6.42 Å². The molecule has 4 nitrogen and oxygen atoms in total. The van der Waals surface area contributed by atoms with Crippen LogP contribution in [0.25, 0.3) is 0 Å². The Morgan fingerprint density at radius 2 is 2.25 bits per heavy atom. The minimum atomic E-state index is -0.983. The average molecular weight is 174 g/mol. The summed E-state index contributed by atoms with van der Waals surface area (Å²) >= 11 is 0. The Labute approximate surface area is 71.5 Å². The van der Waals surface area contributed by atoms with Crippen LogP contribution in [0.5, 0.6) is 0 Å². The molecule has 0 amide bonds. The first-order chi connectivity index (χ1) is 5.63. The van der Waals surface area contributed by atoms with Gasteiger partial charge in [-0.1, -0.05) is 0 Å². The van der Waals surface area contributed by atoms with E-state index in [4.69, 9.17) is 9.84 Å². The molecule has 0 aromatic rings. The van der Waals surface area contributed by atoms with E-state index in [1.807, 2.05) is 0 Å². The summed E-state index contributed by atoms with van der Waals surface area (Å²) in [4.78, 5) is 20.7. The number of carbonyl (C=O) groups is 2. The lowest BCUT2D eigenvalue weighted by atomic mass is 10.0. The fourth-order valence-electron chi connectivity index (χ4n) is 0.976. The number of carbonyl (C=O) groups excluding carboxylic acids is 1. The van der Waals surface area contributed by atoms with Crippen molar-refractivity contribution in [1.29, 1.82) is 0 Å². The second-order valence-electron chi connectivity index (χ2n) is 2.51. The molecular weight excluding hydrogens is 160 g/mol. The van der Waals surface area contributed by atoms with Gasteiger partial charge in [0.25, 0.3) is 0 Å². The molecule has 70 valence electrons. The van der Waals surface area contributed by atoms with Gasteiger partial charge in [-0.2, -0.15) is 0 Å². The van der Waals surface area contributed by atoms with Gasteiger partial charge in [0.05, 0.1) is 12.0 Å². The summed E-state index contributed by atoms with van der Waals surface area (Å²) in [7, 11) is 0. The Morgan fingerprint density at radius 1 is 1.67 bits per heavy atom. The molecule has 2 unspecified atom stereocenters. The third-order valence-electron chi connectivity index (χ3n) is 1.66. The van der Waals surface area contributed by atoms with Gasteiger partial charge in [-0.3, -0.25) is 4.79 Å². The van der Waals surface area contributed by atoms with E-state index in [0.29, 0.717) is 12.9 Å². The summed E-state index contributed by atoms with van der Waals surface area (Å²) in [6.45, 7) is 3.91. The van der Waals surface area contributed by atoms with Gasteiger partial charge in [0, 0.05) is 13.0 Å². The molecule has 0 aliphatic rings. The Morgan fingerprint density at radius 3 is 2.58 bits per heavy atom. The zero-order chi connectivity index (χ0) is 9.56. The fourth-order valence-corrected chi connectivity index (χ4v) is 0.976. The number of rotatable bonds is 6. The van der Waals surface area contributed by atoms with Gasteiger partial charge in [-0.15, -0.1) is 0 Å². The molecule has 0 bridgehead atoms. The second-order valence-corrected chi connectivity index (χ2v) is 2.51. The van der Waals surface area contributed by atoms with Crippen LogP contribution in [0, 0.1) is 5.92 Å². The molecule has 0 aliphatic heterocycles. The number of carboxylic acids is 1. The maximum atomic E-state index is 10.6. The van der Waals surface area contributed by atoms with Crippen molar-refractivity contribution in [2.75, 3.05) is 6.61 Å². The van der Waals surface area contributed by atoms with E-state index in [2.05, 4.69) is 0 Å². The topological polar surface area (TPSA) is 63.6 Å². The number of aldehydes is 1. The van der Waals surface area contributed by atoms with Crippen LogP contribution >= 0.6 is 0 Å². The molecule has 4 heteroatoms. The minimum Gasteiger partial charge on any atom is -0.481 e. The van der Waals surface area contributed by atoms with Gasteiger partial charge >= 0.3 is 5.97 Å². The molecule has 0 heterocycles. The number of hydrogen-bond donors (Lipinski definition) is 1. The third-order valence-corrected chi connectivity index (χ3v) is 1.66. The first-order valence-corrected chi connectivity index (χ1v) is 3.91. The Balaban J connectivity index is 4.08. The van der Waals surface area contributed by atoms with Crippen molar-refractivity contribution < 1.29 is 19.4 Å². The lowest BCUT2D eigenvalue weighted by Gasteiger charge is -2.17. The van der Waals surface area contributed by atoms with Gasteiger partial charge in [0.1, 0.15) is 6.29 Å². The van der Waals surface area contributed by atoms with Crippen molar-refractivity contribution in [3.05, 3.63) is 0 Å². The number of ether oxygens (including phenoxy) is 1. The number of hydrogen-bond acceptors (Lipinski definition) is 3. The molecule has 0 saturated carbocycles. The van der Waals surface area contributed by atoms with Crippen molar-refractivity contribution in [3.8, 4) is 0 Å². The van der Waals surface area contributed by atoms with Crippen LogP contribution in [-0.2, 0) is 14.3 Å². The predicted molar refractivity (Wildman–Crippen MR) is 42.9 cm³/mol. The fraction of sp³-hybridized carbons (Fsp3) is 0.750. The van der Waals surface area contributed by atoms with Gasteiger partial charge in [-0.25, -0.2) is 0 Å². The van der Waals surface area contributed by atoms with E-state index in [1.165, 1.54) is 0 Å². The van der Waals surface area contributed by atoms with Crippen LogP contribution in [0.1, 0.15) is 20.3 Å². The lowest BCUT2D eigenvalue weighted by molar-refractivity contribution is -0.148. The highest BCUT2D eigenvalue weighted by Gasteiger charge is 2.24. The van der Waals surface area contributed by atoms with E-state index >= 15 is 0 Å². The van der Waals surface area contributed by atoms with Crippen LogP contribution in [-0.4, -0.2) is 30.1 Å². The molecule has 0 aromatic carbocycles. The highest BCUT2D eigenvalue weighted by atomic mass is 16.5. The van der Waals surface area contributed by atoms with E-state index in [0.717, 1.165) is 0 Å². The van der Waals surface area contributed by atoms with Gasteiger partial charge in [-0.05, 0) is 13.8 Å². The molecule has 0 aromatic heterocycles. The van der Waals surface area contributed by atoms with Crippen molar-refractivity contribution >= 4 is 12.3 Å². The minimum absolute atomic E-state index is 0.0104. The van der Waals surface area contributed by atoms with Gasteiger partial charge in [0.15, 0.2) is 0 Å². The molecule has 0 radical (unpaired) electrons. The summed E-state index contributed by atoms with van der Waals surface area (Å²) in [6.07, 6.45) is 0.211. The molecular formula is C8H14O4. The summed E-state index contributed by atoms with van der Waals surface area (Å²) < 4.78 is 5.08. The summed E-state index contributed by atoms with van der Waals surface area (Å²) in [5.74, 6) is -1.70. The SMILES string of the molecule is CCOC(C)C(CC=O)C(=O)O. The zero-order valence-electron chi connectivity index (χ0n) is 7.32. The van der Waals surface area contributed by atoms with Crippen LogP contribution in [0.15, 0.2) is 0 Å². The van der Waals surface area contributed by atoms with Gasteiger partial charge in [0.2, 0.25) is 0 Å². The second kappa shape index (κ2) is 5.71. The Hall–Kier alpha value is -0.900. The smallest absolute Gasteiger partial charge is 0.309 e. The Bertz CT molecular complexity index is 155. The zero-order valence-corrected chi connectivity index (χ0v) is 7.32. The summed E-state index contributed by atoms with van der Waals surface area (Å²) in [6, 6.07) is 0. The molecule has 0 fully saturated rings. The first kappa shape index (κ1) is 11.1. The summed E-state index contributed by atoms with van der Waals surface area (Å²) in [5, 5.41) is 8.66. The lowest BCUT2D eigenvalue weighted by Crippen LogP contribution is -2.28. The molecule has 1 N–H and O–H groups in total. The molecule has 2 atom stereocenters. The Kier molecular flexibility index (Phi) is 5.28. The summed E-state index contributed by atoms with van der Waals surface area (Å²) in [5.41, 5.74) is 0. The van der Waals surface area contributed by atoms with Crippen LogP contribution in [0.3, 0.4) is 0 Å². The van der Waals surface area contributed by atoms with Crippen LogP contribution in [0.4, 0.5) is 0 Å². The monoisotopic (exact) mass is 174 g/mol. The first-order valence-electron chi connectivity index (χ1n) is 3.91. The highest BCUT2D eigenvalue weighted by Crippen LogP contribution is 2.10. The molecule has 0 aliphatic carbocycles. The van der Waals surface area contributed by atoms with Crippen molar-refractivity contribution in [1.82, 2.24) is 0 Å². The van der Waals surface area contributed by atoms with Gasteiger partial charge < -0.3 is 14.6 Å². The standard InChI is InChI=1S/C8H14O4/c1-3-12-6(2)7(4-5-9)8(10)11/h5-7H,3-4H2,1-2H3,(H,10,11). The van der Waals surface area contributed by atoms with Crippen molar-refractivity contribution in [2.45, 2.75) is 26.4 Å². The average Bonchev–Trinajstić information content (AvgIpc) is 1.99. The van der Waals surface area contributed by atoms with E-state index in [9.17, 15) is 9.59 Å². The van der Waals surface area contributed by atoms with E-state index < -0.39 is 18.0 Å². The molecule has 0 rings (SSSR count). The van der Waals surface area contributed by atoms with Crippen molar-refractivity contribution in [2.24, 2.45) is 5.92 Å². The molecule has 0 saturated heterocycles.